The standard InChI is InChI=1S/C14H22ClN3/c15-14-10-17-7-6-12(14)9-13(18-16)8-11-4-2-1-3-5-11/h6-7,10-11,13,18H,1-5,8-9,16H2. The molecule has 18 heavy (non-hydrogen) atoms. The molecule has 0 radical (unpaired) electrons. The number of nitrogens with one attached hydrogen (secondary N) is 1. The maximum absolute atomic E-state index is 6.14. The van der Waals surface area contributed by atoms with Crippen molar-refractivity contribution in [2.24, 2.45) is 11.8 Å². The molecule has 3 N–H and O–H groups in total. The number of hydrogen-bond acceptors (Lipinski definition) is 3. The number of nitrogens with two attached hydrogens (primary N) is 1. The van der Waals surface area contributed by atoms with E-state index in [0.29, 0.717) is 6.04 Å². The second-order valence-electron chi connectivity index (χ2n) is 5.27. The second-order valence-corrected chi connectivity index (χ2v) is 5.68. The number of rotatable bonds is 5. The number of halogens is 1. The first-order chi connectivity index (χ1) is 8.79. The number of aromatic nitrogens is 1. The lowest BCUT2D eigenvalue weighted by molar-refractivity contribution is 0.298. The van der Waals surface area contributed by atoms with Crippen molar-refractivity contribution in [2.45, 2.75) is 51.0 Å². The van der Waals surface area contributed by atoms with E-state index in [0.717, 1.165) is 29.3 Å². The molecule has 1 saturated carbocycles. The van der Waals surface area contributed by atoms with E-state index in [-0.39, 0.29) is 0 Å². The molecule has 1 aliphatic rings. The van der Waals surface area contributed by atoms with Crippen molar-refractivity contribution < 1.29 is 0 Å². The summed E-state index contributed by atoms with van der Waals surface area (Å²) in [5.74, 6) is 6.50. The second kappa shape index (κ2) is 7.07. The molecule has 0 aromatic carbocycles. The van der Waals surface area contributed by atoms with Crippen molar-refractivity contribution in [1.82, 2.24) is 10.4 Å². The van der Waals surface area contributed by atoms with Gasteiger partial charge in [0.05, 0.1) is 5.02 Å². The lowest BCUT2D eigenvalue weighted by Gasteiger charge is -2.26. The SMILES string of the molecule is NNC(Cc1ccncc1Cl)CC1CCCCC1. The summed E-state index contributed by atoms with van der Waals surface area (Å²) in [6.07, 6.45) is 12.4. The monoisotopic (exact) mass is 267 g/mol. The van der Waals surface area contributed by atoms with Crippen molar-refractivity contribution in [3.05, 3.63) is 29.0 Å². The van der Waals surface area contributed by atoms with Gasteiger partial charge >= 0.3 is 0 Å². The average molecular weight is 268 g/mol. The molecule has 3 nitrogen and oxygen atoms in total. The van der Waals surface area contributed by atoms with Crippen LogP contribution in [-0.4, -0.2) is 11.0 Å². The molecule has 0 saturated heterocycles. The molecule has 1 aromatic heterocycles. The fraction of sp³-hybridized carbons (Fsp3) is 0.643. The third-order valence-electron chi connectivity index (χ3n) is 3.90. The Balaban J connectivity index is 1.90. The highest BCUT2D eigenvalue weighted by Crippen LogP contribution is 2.28. The summed E-state index contributed by atoms with van der Waals surface area (Å²) in [6.45, 7) is 0. The zero-order valence-corrected chi connectivity index (χ0v) is 11.5. The molecule has 1 heterocycles. The smallest absolute Gasteiger partial charge is 0.0621 e. The van der Waals surface area contributed by atoms with E-state index in [1.807, 2.05) is 6.07 Å². The highest BCUT2D eigenvalue weighted by atomic mass is 35.5. The van der Waals surface area contributed by atoms with Gasteiger partial charge in [0.15, 0.2) is 0 Å². The minimum absolute atomic E-state index is 0.313. The van der Waals surface area contributed by atoms with E-state index >= 15 is 0 Å². The van der Waals surface area contributed by atoms with Gasteiger partial charge in [-0.3, -0.25) is 16.3 Å². The highest BCUT2D eigenvalue weighted by molar-refractivity contribution is 6.31. The summed E-state index contributed by atoms with van der Waals surface area (Å²) in [4.78, 5) is 4.01. The lowest BCUT2D eigenvalue weighted by atomic mass is 9.84. The molecule has 100 valence electrons. The van der Waals surface area contributed by atoms with Crippen LogP contribution >= 0.6 is 11.6 Å². The minimum Gasteiger partial charge on any atom is -0.271 e. The first-order valence-electron chi connectivity index (χ1n) is 6.84. The van der Waals surface area contributed by atoms with Crippen LogP contribution in [0.15, 0.2) is 18.5 Å². The fourth-order valence-corrected chi connectivity index (χ4v) is 3.07. The Kier molecular flexibility index (Phi) is 5.42. The summed E-state index contributed by atoms with van der Waals surface area (Å²) in [5.41, 5.74) is 4.08. The lowest BCUT2D eigenvalue weighted by Crippen LogP contribution is -2.38. The summed E-state index contributed by atoms with van der Waals surface area (Å²) < 4.78 is 0. The number of hydrogen-bond donors (Lipinski definition) is 2. The van der Waals surface area contributed by atoms with Crippen LogP contribution in [0.4, 0.5) is 0 Å². The van der Waals surface area contributed by atoms with Gasteiger partial charge in [0, 0.05) is 18.4 Å². The first kappa shape index (κ1) is 13.8. The molecule has 0 aliphatic heterocycles. The molecule has 1 unspecified atom stereocenters. The van der Waals surface area contributed by atoms with Crippen LogP contribution in [0.25, 0.3) is 0 Å². The average Bonchev–Trinajstić information content (AvgIpc) is 2.41. The largest absolute Gasteiger partial charge is 0.271 e. The topological polar surface area (TPSA) is 50.9 Å². The minimum atomic E-state index is 0.313. The van der Waals surface area contributed by atoms with Crippen molar-refractivity contribution in [2.75, 3.05) is 0 Å². The van der Waals surface area contributed by atoms with Gasteiger partial charge in [-0.2, -0.15) is 0 Å². The van der Waals surface area contributed by atoms with E-state index < -0.39 is 0 Å². The van der Waals surface area contributed by atoms with Crippen LogP contribution in [0.2, 0.25) is 5.02 Å². The molecule has 0 amide bonds. The van der Waals surface area contributed by atoms with Gasteiger partial charge in [-0.05, 0) is 30.4 Å². The molecule has 2 rings (SSSR count). The summed E-state index contributed by atoms with van der Waals surface area (Å²) in [7, 11) is 0. The van der Waals surface area contributed by atoms with E-state index in [9.17, 15) is 0 Å². The summed E-state index contributed by atoms with van der Waals surface area (Å²) >= 11 is 6.14. The van der Waals surface area contributed by atoms with Crippen molar-refractivity contribution in [3.8, 4) is 0 Å². The Morgan fingerprint density at radius 1 is 1.39 bits per heavy atom. The zero-order chi connectivity index (χ0) is 12.8. The summed E-state index contributed by atoms with van der Waals surface area (Å²) in [5, 5.41) is 0.737. The number of nitrogens with zero attached hydrogens (tertiary/aromatic N) is 1. The van der Waals surface area contributed by atoms with E-state index in [4.69, 9.17) is 17.4 Å². The molecule has 1 aromatic rings. The Hall–Kier alpha value is -0.640. The van der Waals surface area contributed by atoms with Gasteiger partial charge in [-0.1, -0.05) is 43.7 Å². The van der Waals surface area contributed by atoms with Gasteiger partial charge in [0.25, 0.3) is 0 Å². The van der Waals surface area contributed by atoms with Crippen LogP contribution < -0.4 is 11.3 Å². The van der Waals surface area contributed by atoms with E-state index in [1.54, 1.807) is 12.4 Å². The van der Waals surface area contributed by atoms with Crippen LogP contribution in [-0.2, 0) is 6.42 Å². The van der Waals surface area contributed by atoms with Gasteiger partial charge in [0.1, 0.15) is 0 Å². The predicted octanol–water partition coefficient (Wildman–Crippen LogP) is 3.08. The molecule has 4 heteroatoms. The van der Waals surface area contributed by atoms with Gasteiger partial charge < -0.3 is 0 Å². The molecule has 0 bridgehead atoms. The molecular weight excluding hydrogens is 246 g/mol. The van der Waals surface area contributed by atoms with Crippen molar-refractivity contribution in [1.29, 1.82) is 0 Å². The maximum atomic E-state index is 6.14. The van der Waals surface area contributed by atoms with Crippen LogP contribution in [0.1, 0.15) is 44.1 Å². The molecule has 1 fully saturated rings. The van der Waals surface area contributed by atoms with Gasteiger partial charge in [-0.15, -0.1) is 0 Å². The third-order valence-corrected chi connectivity index (χ3v) is 4.24. The normalized spacial score (nSPS) is 18.8. The number of pyridine rings is 1. The van der Waals surface area contributed by atoms with Crippen LogP contribution in [0.5, 0.6) is 0 Å². The molecule has 0 spiro atoms. The molecular formula is C14H22ClN3. The Labute approximate surface area is 114 Å². The predicted molar refractivity (Wildman–Crippen MR) is 75.3 cm³/mol. The first-order valence-corrected chi connectivity index (χ1v) is 7.22. The third kappa shape index (κ3) is 3.94. The van der Waals surface area contributed by atoms with Crippen LogP contribution in [0, 0.1) is 5.92 Å². The van der Waals surface area contributed by atoms with Crippen molar-refractivity contribution in [3.63, 3.8) is 0 Å². The Morgan fingerprint density at radius 2 is 2.17 bits per heavy atom. The Bertz CT molecular complexity index is 364. The zero-order valence-electron chi connectivity index (χ0n) is 10.7. The number of hydrazine groups is 1. The van der Waals surface area contributed by atoms with E-state index in [2.05, 4.69) is 10.4 Å². The van der Waals surface area contributed by atoms with Crippen LogP contribution in [0.3, 0.4) is 0 Å². The molecule has 1 atom stereocenters. The van der Waals surface area contributed by atoms with Gasteiger partial charge in [0.2, 0.25) is 0 Å². The van der Waals surface area contributed by atoms with E-state index in [1.165, 1.54) is 32.1 Å². The van der Waals surface area contributed by atoms with Crippen molar-refractivity contribution >= 4 is 11.6 Å². The summed E-state index contributed by atoms with van der Waals surface area (Å²) in [6, 6.07) is 2.29. The molecule has 1 aliphatic carbocycles. The maximum Gasteiger partial charge on any atom is 0.0621 e. The Morgan fingerprint density at radius 3 is 2.83 bits per heavy atom. The fourth-order valence-electron chi connectivity index (χ4n) is 2.87. The van der Waals surface area contributed by atoms with Gasteiger partial charge in [-0.25, -0.2) is 0 Å². The highest BCUT2D eigenvalue weighted by Gasteiger charge is 2.19. The quantitative estimate of drug-likeness (QED) is 0.637.